The third kappa shape index (κ3) is 6.22. The zero-order chi connectivity index (χ0) is 34.3. The first kappa shape index (κ1) is 32.3. The summed E-state index contributed by atoms with van der Waals surface area (Å²) in [6.45, 7) is 6.92. The van der Waals surface area contributed by atoms with Crippen LogP contribution in [0, 0.1) is 17.1 Å². The minimum absolute atomic E-state index is 0.0950. The predicted molar refractivity (Wildman–Crippen MR) is 182 cm³/mol. The Labute approximate surface area is 284 Å². The Balaban J connectivity index is 1.13. The molecule has 2 atom stereocenters. The minimum atomic E-state index is -0.557. The second kappa shape index (κ2) is 13.0. The van der Waals surface area contributed by atoms with E-state index in [0.717, 1.165) is 12.8 Å². The van der Waals surface area contributed by atoms with Crippen LogP contribution in [0.25, 0.3) is 16.8 Å². The standard InChI is InChI=1S/C37H39FN8O3/c1-37(2,44-17-18-45-26(23-44)10-13-31(45)47)20-25(21-39)36(48)43-15-6-7-24(22-43)35-42-32(33-34(40)41-14-16-46(33)35)29-12-11-28(19-30(29)38)49-27-8-4-3-5-9-27/h3-5,8-9,11-12,14,16,19-20,24,26H,6-7,10,13,15,17-18,22-23H2,1-2H3,(H2,40,41). The molecule has 2 aromatic heterocycles. The van der Waals surface area contributed by atoms with Crippen LogP contribution in [0.1, 0.15) is 51.3 Å². The molecule has 0 bridgehead atoms. The average Bonchev–Trinajstić information content (AvgIpc) is 3.68. The maximum atomic E-state index is 15.7. The van der Waals surface area contributed by atoms with E-state index in [1.807, 2.05) is 41.3 Å². The Bertz CT molecular complexity index is 1980. The Hall–Kier alpha value is -5.28. The number of fused-ring (bicyclic) bond motifs is 2. The molecule has 2 unspecified atom stereocenters. The zero-order valence-corrected chi connectivity index (χ0v) is 27.7. The van der Waals surface area contributed by atoms with Crippen LogP contribution in [0.4, 0.5) is 10.2 Å². The van der Waals surface area contributed by atoms with Crippen molar-refractivity contribution >= 4 is 23.1 Å². The van der Waals surface area contributed by atoms with Gasteiger partial charge in [0.05, 0.1) is 0 Å². The van der Waals surface area contributed by atoms with Crippen LogP contribution < -0.4 is 10.5 Å². The van der Waals surface area contributed by atoms with Crippen LogP contribution in [0.2, 0.25) is 0 Å². The third-order valence-corrected chi connectivity index (χ3v) is 10.0. The van der Waals surface area contributed by atoms with Gasteiger partial charge < -0.3 is 20.3 Å². The number of piperidine rings is 1. The molecule has 0 saturated carbocycles. The fraction of sp³-hybridized carbons (Fsp3) is 0.378. The Morgan fingerprint density at radius 3 is 2.69 bits per heavy atom. The molecule has 3 fully saturated rings. The summed E-state index contributed by atoms with van der Waals surface area (Å²) in [5.41, 5.74) is 7.00. The number of carbonyl (C=O) groups is 2. The number of nitrogens with zero attached hydrogens (tertiary/aromatic N) is 7. The van der Waals surface area contributed by atoms with Gasteiger partial charge in [-0.2, -0.15) is 5.26 Å². The lowest BCUT2D eigenvalue weighted by molar-refractivity contribution is -0.131. The lowest BCUT2D eigenvalue weighted by Crippen LogP contribution is -2.57. The molecule has 12 heteroatoms. The van der Waals surface area contributed by atoms with E-state index in [2.05, 4.69) is 16.0 Å². The van der Waals surface area contributed by atoms with Gasteiger partial charge in [0.15, 0.2) is 0 Å². The number of benzene rings is 2. The van der Waals surface area contributed by atoms with E-state index in [1.165, 1.54) is 6.07 Å². The van der Waals surface area contributed by atoms with E-state index < -0.39 is 11.4 Å². The fourth-order valence-corrected chi connectivity index (χ4v) is 7.46. The zero-order valence-electron chi connectivity index (χ0n) is 27.7. The fourth-order valence-electron chi connectivity index (χ4n) is 7.46. The molecule has 49 heavy (non-hydrogen) atoms. The van der Waals surface area contributed by atoms with Gasteiger partial charge in [-0.25, -0.2) is 14.4 Å². The summed E-state index contributed by atoms with van der Waals surface area (Å²) in [6, 6.07) is 16.1. The number of amides is 2. The third-order valence-electron chi connectivity index (χ3n) is 10.0. The second-order valence-corrected chi connectivity index (χ2v) is 13.5. The highest BCUT2D eigenvalue weighted by molar-refractivity contribution is 5.97. The maximum absolute atomic E-state index is 15.7. The SMILES string of the molecule is CC(C)(C=C(C#N)C(=O)N1CCCC(c2nc(-c3ccc(Oc4ccccc4)cc3F)c3c(N)nccn23)C1)N1CCN2C(=O)CCC2C1. The summed E-state index contributed by atoms with van der Waals surface area (Å²) in [5, 5.41) is 10.2. The number of nitrogens with two attached hydrogens (primary N) is 1. The Morgan fingerprint density at radius 2 is 1.92 bits per heavy atom. The highest BCUT2D eigenvalue weighted by Gasteiger charge is 2.40. The molecule has 252 valence electrons. The molecular formula is C37H39FN8O3. The van der Waals surface area contributed by atoms with Crippen LogP contribution >= 0.6 is 0 Å². The topological polar surface area (TPSA) is 133 Å². The van der Waals surface area contributed by atoms with Gasteiger partial charge in [-0.15, -0.1) is 0 Å². The molecule has 5 heterocycles. The van der Waals surface area contributed by atoms with Crippen LogP contribution in [0.5, 0.6) is 11.5 Å². The lowest BCUT2D eigenvalue weighted by atomic mass is 9.94. The van der Waals surface area contributed by atoms with Gasteiger partial charge in [0.2, 0.25) is 5.91 Å². The van der Waals surface area contributed by atoms with Crippen LogP contribution in [0.3, 0.4) is 0 Å². The summed E-state index contributed by atoms with van der Waals surface area (Å²) >= 11 is 0. The summed E-state index contributed by atoms with van der Waals surface area (Å²) in [6.07, 6.45) is 7.98. The van der Waals surface area contributed by atoms with Gasteiger partial charge in [-0.1, -0.05) is 18.2 Å². The number of carbonyl (C=O) groups excluding carboxylic acids is 2. The molecule has 4 aromatic rings. The van der Waals surface area contributed by atoms with Crippen LogP contribution in [-0.2, 0) is 9.59 Å². The molecule has 7 rings (SSSR count). The van der Waals surface area contributed by atoms with Crippen molar-refractivity contribution < 1.29 is 18.7 Å². The van der Waals surface area contributed by atoms with Gasteiger partial charge in [0.1, 0.15) is 51.8 Å². The van der Waals surface area contributed by atoms with E-state index in [-0.39, 0.29) is 40.7 Å². The number of rotatable bonds is 7. The number of likely N-dealkylation sites (tertiary alicyclic amines) is 1. The van der Waals surface area contributed by atoms with E-state index in [0.29, 0.717) is 74.1 Å². The van der Waals surface area contributed by atoms with Crippen molar-refractivity contribution in [2.24, 2.45) is 0 Å². The number of anilines is 1. The van der Waals surface area contributed by atoms with Crippen molar-refractivity contribution in [1.29, 1.82) is 5.26 Å². The first-order valence-electron chi connectivity index (χ1n) is 16.7. The van der Waals surface area contributed by atoms with Gasteiger partial charge in [0, 0.05) is 80.7 Å². The molecular weight excluding hydrogens is 623 g/mol. The number of aromatic nitrogens is 3. The molecule has 11 nitrogen and oxygen atoms in total. The van der Waals surface area contributed by atoms with Crippen molar-refractivity contribution in [2.75, 3.05) is 38.5 Å². The van der Waals surface area contributed by atoms with Crippen molar-refractivity contribution in [3.63, 3.8) is 0 Å². The molecule has 2 amide bonds. The predicted octanol–water partition coefficient (Wildman–Crippen LogP) is 5.15. The highest BCUT2D eigenvalue weighted by Crippen LogP contribution is 2.37. The number of imidazole rings is 1. The summed E-state index contributed by atoms with van der Waals surface area (Å²) in [5.74, 6) is 0.981. The van der Waals surface area contributed by atoms with Gasteiger partial charge in [-0.3, -0.25) is 18.9 Å². The molecule has 0 aliphatic carbocycles. The summed E-state index contributed by atoms with van der Waals surface area (Å²) in [7, 11) is 0. The van der Waals surface area contributed by atoms with Crippen LogP contribution in [0.15, 0.2) is 72.6 Å². The molecule has 0 radical (unpaired) electrons. The number of nitrogen functional groups attached to an aromatic ring is 1. The summed E-state index contributed by atoms with van der Waals surface area (Å²) < 4.78 is 23.4. The highest BCUT2D eigenvalue weighted by atomic mass is 19.1. The number of halogens is 1. The van der Waals surface area contributed by atoms with E-state index in [4.69, 9.17) is 15.5 Å². The smallest absolute Gasteiger partial charge is 0.264 e. The van der Waals surface area contributed by atoms with Gasteiger partial charge in [0.25, 0.3) is 5.91 Å². The molecule has 2 N–H and O–H groups in total. The molecule has 0 spiro atoms. The molecule has 3 aliphatic heterocycles. The first-order chi connectivity index (χ1) is 23.6. The van der Waals surface area contributed by atoms with Crippen molar-refractivity contribution in [3.05, 3.63) is 84.2 Å². The monoisotopic (exact) mass is 662 g/mol. The second-order valence-electron chi connectivity index (χ2n) is 13.5. The average molecular weight is 663 g/mol. The molecule has 2 aromatic carbocycles. The lowest BCUT2D eigenvalue weighted by Gasteiger charge is -2.45. The van der Waals surface area contributed by atoms with Crippen molar-refractivity contribution in [1.82, 2.24) is 29.1 Å². The molecule has 3 saturated heterocycles. The number of para-hydroxylation sites is 1. The normalized spacial score (nSPS) is 20.4. The minimum Gasteiger partial charge on any atom is -0.457 e. The Kier molecular flexibility index (Phi) is 8.54. The molecule has 3 aliphatic rings. The maximum Gasteiger partial charge on any atom is 0.264 e. The first-order valence-corrected chi connectivity index (χ1v) is 16.7. The van der Waals surface area contributed by atoms with Gasteiger partial charge >= 0.3 is 0 Å². The van der Waals surface area contributed by atoms with Crippen molar-refractivity contribution in [2.45, 2.75) is 57.0 Å². The quantitative estimate of drug-likeness (QED) is 0.212. The largest absolute Gasteiger partial charge is 0.457 e. The number of nitriles is 1. The van der Waals surface area contributed by atoms with Crippen molar-refractivity contribution in [3.8, 4) is 28.8 Å². The van der Waals surface area contributed by atoms with Gasteiger partial charge in [-0.05, 0) is 63.5 Å². The van der Waals surface area contributed by atoms with E-state index in [1.54, 1.807) is 47.6 Å². The number of hydrogen-bond acceptors (Lipinski definition) is 8. The number of piperazine rings is 1. The Morgan fingerprint density at radius 1 is 1.10 bits per heavy atom. The number of hydrogen-bond donors (Lipinski definition) is 1. The summed E-state index contributed by atoms with van der Waals surface area (Å²) in [4.78, 5) is 41.2. The van der Waals surface area contributed by atoms with Crippen LogP contribution in [-0.4, -0.2) is 85.2 Å². The van der Waals surface area contributed by atoms with E-state index in [9.17, 15) is 14.9 Å². The van der Waals surface area contributed by atoms with E-state index >= 15 is 4.39 Å². The number of ether oxygens (including phenoxy) is 1.